The summed E-state index contributed by atoms with van der Waals surface area (Å²) < 4.78 is 5.89. The van der Waals surface area contributed by atoms with Crippen molar-refractivity contribution in [3.8, 4) is 11.5 Å². The number of amides is 3. The Morgan fingerprint density at radius 2 is 1.96 bits per heavy atom. The Morgan fingerprint density at radius 3 is 2.74 bits per heavy atom. The molecule has 1 saturated heterocycles. The van der Waals surface area contributed by atoms with Crippen molar-refractivity contribution in [2.75, 3.05) is 14.1 Å². The Balaban J connectivity index is 1.84. The van der Waals surface area contributed by atoms with Gasteiger partial charge in [0, 0.05) is 30.9 Å². The van der Waals surface area contributed by atoms with Crippen LogP contribution in [0.4, 0.5) is 10.5 Å². The predicted molar refractivity (Wildman–Crippen MR) is 102 cm³/mol. The second-order valence-electron chi connectivity index (χ2n) is 6.05. The number of halogens is 1. The largest absolute Gasteiger partial charge is 0.507 e. The molecule has 0 saturated carbocycles. The number of imide groups is 1. The number of phenols is 1. The molecule has 1 N–H and O–H groups in total. The Bertz CT molecular complexity index is 916. The van der Waals surface area contributed by atoms with E-state index < -0.39 is 12.3 Å². The number of urea groups is 1. The highest BCUT2D eigenvalue weighted by molar-refractivity contribution is 6.30. The van der Waals surface area contributed by atoms with Gasteiger partial charge in [0.15, 0.2) is 6.23 Å². The standard InChI is InChI=1S/C19H18ClN3O4/c1-22-17(25)10-18(23(2)19(22)26)27-16-6-4-3-5-14(16)21-11-12-9-13(20)7-8-15(12)24/h3-9,11,18,24H,10H2,1-2H3. The smallest absolute Gasteiger partial charge is 0.329 e. The number of ether oxygens (including phenoxy) is 1. The van der Waals surface area contributed by atoms with E-state index in [1.807, 2.05) is 0 Å². The third-order valence-electron chi connectivity index (χ3n) is 4.20. The molecule has 8 heteroatoms. The van der Waals surface area contributed by atoms with Crippen molar-refractivity contribution in [1.82, 2.24) is 9.80 Å². The van der Waals surface area contributed by atoms with Crippen LogP contribution in [-0.4, -0.2) is 53.4 Å². The maximum Gasteiger partial charge on any atom is 0.329 e. The second kappa shape index (κ2) is 7.67. The molecule has 3 rings (SSSR count). The van der Waals surface area contributed by atoms with Crippen LogP contribution in [0.15, 0.2) is 47.5 Å². The molecule has 1 aliphatic heterocycles. The number of carbonyl (C=O) groups is 2. The van der Waals surface area contributed by atoms with Gasteiger partial charge < -0.3 is 9.84 Å². The van der Waals surface area contributed by atoms with Crippen molar-refractivity contribution < 1.29 is 19.4 Å². The van der Waals surface area contributed by atoms with Gasteiger partial charge in [-0.15, -0.1) is 0 Å². The fourth-order valence-electron chi connectivity index (χ4n) is 2.59. The number of rotatable bonds is 4. The van der Waals surface area contributed by atoms with Crippen molar-refractivity contribution in [3.63, 3.8) is 0 Å². The van der Waals surface area contributed by atoms with Crippen molar-refractivity contribution in [2.24, 2.45) is 4.99 Å². The minimum atomic E-state index is -0.725. The number of aliphatic imine (C=N–C) groups is 1. The summed E-state index contributed by atoms with van der Waals surface area (Å²) in [6.45, 7) is 0. The normalized spacial score (nSPS) is 17.7. The number of hydrogen-bond donors (Lipinski definition) is 1. The molecule has 1 unspecified atom stereocenters. The molecule has 2 aromatic rings. The lowest BCUT2D eigenvalue weighted by Gasteiger charge is -2.36. The van der Waals surface area contributed by atoms with Crippen molar-refractivity contribution >= 4 is 35.4 Å². The molecular weight excluding hydrogens is 370 g/mol. The summed E-state index contributed by atoms with van der Waals surface area (Å²) in [6.07, 6.45) is 0.793. The quantitative estimate of drug-likeness (QED) is 0.815. The molecule has 27 heavy (non-hydrogen) atoms. The van der Waals surface area contributed by atoms with Gasteiger partial charge in [-0.25, -0.2) is 4.79 Å². The van der Waals surface area contributed by atoms with E-state index in [0.29, 0.717) is 22.0 Å². The molecule has 0 bridgehead atoms. The van der Waals surface area contributed by atoms with Gasteiger partial charge in [-0.05, 0) is 30.3 Å². The van der Waals surface area contributed by atoms with Crippen LogP contribution < -0.4 is 4.74 Å². The fourth-order valence-corrected chi connectivity index (χ4v) is 2.77. The highest BCUT2D eigenvalue weighted by Crippen LogP contribution is 2.30. The fraction of sp³-hybridized carbons (Fsp3) is 0.211. The number of aromatic hydroxyl groups is 1. The molecule has 2 aromatic carbocycles. The number of carbonyl (C=O) groups excluding carboxylic acids is 2. The number of para-hydroxylation sites is 2. The number of benzene rings is 2. The molecule has 1 aliphatic rings. The molecule has 1 fully saturated rings. The van der Waals surface area contributed by atoms with E-state index in [4.69, 9.17) is 16.3 Å². The molecule has 1 heterocycles. The van der Waals surface area contributed by atoms with E-state index in [0.717, 1.165) is 4.90 Å². The van der Waals surface area contributed by atoms with E-state index in [2.05, 4.69) is 4.99 Å². The van der Waals surface area contributed by atoms with Gasteiger partial charge in [0.05, 0.1) is 6.42 Å². The number of hydrogen-bond acceptors (Lipinski definition) is 5. The third kappa shape index (κ3) is 4.03. The summed E-state index contributed by atoms with van der Waals surface area (Å²) in [6, 6.07) is 11.2. The minimum absolute atomic E-state index is 0.0475. The monoisotopic (exact) mass is 387 g/mol. The van der Waals surface area contributed by atoms with Crippen LogP contribution in [0, 0.1) is 0 Å². The van der Waals surface area contributed by atoms with E-state index >= 15 is 0 Å². The first-order chi connectivity index (χ1) is 12.9. The zero-order chi connectivity index (χ0) is 19.6. The summed E-state index contributed by atoms with van der Waals surface area (Å²) in [4.78, 5) is 30.8. The van der Waals surface area contributed by atoms with Crippen molar-refractivity contribution in [3.05, 3.63) is 53.1 Å². The van der Waals surface area contributed by atoms with Gasteiger partial charge in [-0.1, -0.05) is 23.7 Å². The summed E-state index contributed by atoms with van der Waals surface area (Å²) in [7, 11) is 3.01. The van der Waals surface area contributed by atoms with Gasteiger partial charge >= 0.3 is 6.03 Å². The van der Waals surface area contributed by atoms with Crippen LogP contribution in [0.2, 0.25) is 5.02 Å². The van der Waals surface area contributed by atoms with Crippen LogP contribution in [-0.2, 0) is 4.79 Å². The molecule has 7 nitrogen and oxygen atoms in total. The molecule has 0 radical (unpaired) electrons. The molecule has 0 aliphatic carbocycles. The first kappa shape index (κ1) is 18.7. The Kier molecular flexibility index (Phi) is 5.32. The highest BCUT2D eigenvalue weighted by atomic mass is 35.5. The third-order valence-corrected chi connectivity index (χ3v) is 4.44. The Labute approximate surface area is 161 Å². The van der Waals surface area contributed by atoms with Crippen LogP contribution in [0.3, 0.4) is 0 Å². The zero-order valence-corrected chi connectivity index (χ0v) is 15.6. The SMILES string of the molecule is CN1C(=O)CC(Oc2ccccc2N=Cc2cc(Cl)ccc2O)N(C)C1=O. The highest BCUT2D eigenvalue weighted by Gasteiger charge is 2.35. The van der Waals surface area contributed by atoms with Crippen molar-refractivity contribution in [1.29, 1.82) is 0 Å². The lowest BCUT2D eigenvalue weighted by atomic mass is 10.2. The van der Waals surface area contributed by atoms with E-state index in [1.165, 1.54) is 24.2 Å². The maximum absolute atomic E-state index is 12.1. The first-order valence-electron chi connectivity index (χ1n) is 8.18. The number of phenolic OH excluding ortho intramolecular Hbond substituents is 1. The summed E-state index contributed by atoms with van der Waals surface area (Å²) in [5.74, 6) is 0.151. The zero-order valence-electron chi connectivity index (χ0n) is 14.8. The van der Waals surface area contributed by atoms with Crippen LogP contribution in [0.1, 0.15) is 12.0 Å². The number of nitrogens with zero attached hydrogens (tertiary/aromatic N) is 3. The van der Waals surface area contributed by atoms with E-state index in [-0.39, 0.29) is 18.1 Å². The van der Waals surface area contributed by atoms with Crippen LogP contribution in [0.5, 0.6) is 11.5 Å². The second-order valence-corrected chi connectivity index (χ2v) is 6.49. The van der Waals surface area contributed by atoms with Crippen LogP contribution >= 0.6 is 11.6 Å². The van der Waals surface area contributed by atoms with Gasteiger partial charge in [-0.3, -0.25) is 19.6 Å². The summed E-state index contributed by atoms with van der Waals surface area (Å²) >= 11 is 5.94. The average molecular weight is 388 g/mol. The molecule has 1 atom stereocenters. The topological polar surface area (TPSA) is 82.4 Å². The van der Waals surface area contributed by atoms with Crippen molar-refractivity contribution in [2.45, 2.75) is 12.6 Å². The van der Waals surface area contributed by atoms with Gasteiger partial charge in [-0.2, -0.15) is 0 Å². The maximum atomic E-state index is 12.1. The van der Waals surface area contributed by atoms with Gasteiger partial charge in [0.2, 0.25) is 5.91 Å². The first-order valence-corrected chi connectivity index (χ1v) is 8.56. The van der Waals surface area contributed by atoms with Gasteiger partial charge in [0.1, 0.15) is 17.2 Å². The molecule has 140 valence electrons. The van der Waals surface area contributed by atoms with Gasteiger partial charge in [0.25, 0.3) is 0 Å². The summed E-state index contributed by atoms with van der Waals surface area (Å²) in [5.41, 5.74) is 0.947. The molecule has 0 spiro atoms. The lowest BCUT2D eigenvalue weighted by molar-refractivity contribution is -0.135. The Hall–Kier alpha value is -3.06. The molecule has 0 aromatic heterocycles. The molecule has 3 amide bonds. The average Bonchev–Trinajstić information content (AvgIpc) is 2.66. The Morgan fingerprint density at radius 1 is 1.22 bits per heavy atom. The lowest BCUT2D eigenvalue weighted by Crippen LogP contribution is -2.55. The van der Waals surface area contributed by atoms with E-state index in [9.17, 15) is 14.7 Å². The van der Waals surface area contributed by atoms with Crippen LogP contribution in [0.25, 0.3) is 0 Å². The summed E-state index contributed by atoms with van der Waals surface area (Å²) in [5, 5.41) is 10.4. The predicted octanol–water partition coefficient (Wildman–Crippen LogP) is 3.42. The molecular formula is C19H18ClN3O4. The van der Waals surface area contributed by atoms with E-state index in [1.54, 1.807) is 43.4 Å². The minimum Gasteiger partial charge on any atom is -0.507 e.